The minimum Gasteiger partial charge on any atom is -0.333 e. The van der Waals surface area contributed by atoms with Gasteiger partial charge in [0.05, 0.1) is 12.6 Å². The fourth-order valence-corrected chi connectivity index (χ4v) is 2.31. The topological polar surface area (TPSA) is 44.7 Å². The summed E-state index contributed by atoms with van der Waals surface area (Å²) in [6.45, 7) is 3.46. The van der Waals surface area contributed by atoms with Gasteiger partial charge in [-0.3, -0.25) is 9.79 Å². The first kappa shape index (κ1) is 11.4. The van der Waals surface area contributed by atoms with Crippen molar-refractivity contribution in [2.75, 3.05) is 26.2 Å². The molecular formula is C14H17N3O. The number of carbonyl (C=O) groups excluding carboxylic acids is 1. The molecule has 1 amide bonds. The van der Waals surface area contributed by atoms with Gasteiger partial charge in [-0.15, -0.1) is 0 Å². The smallest absolute Gasteiger partial charge is 0.254 e. The second-order valence-corrected chi connectivity index (χ2v) is 4.85. The van der Waals surface area contributed by atoms with E-state index in [4.69, 9.17) is 0 Å². The number of likely N-dealkylation sites (tertiary alicyclic amines) is 1. The van der Waals surface area contributed by atoms with Crippen molar-refractivity contribution >= 4 is 11.6 Å². The van der Waals surface area contributed by atoms with E-state index >= 15 is 0 Å². The first-order valence-electron chi connectivity index (χ1n) is 6.43. The Balaban J connectivity index is 1.65. The molecule has 2 aliphatic rings. The molecule has 1 aromatic carbocycles. The molecule has 0 bridgehead atoms. The Bertz CT molecular complexity index is 465. The molecule has 0 aromatic heterocycles. The van der Waals surface area contributed by atoms with E-state index < -0.39 is 0 Å². The predicted molar refractivity (Wildman–Crippen MR) is 71.1 cm³/mol. The molecule has 2 heterocycles. The third-order valence-corrected chi connectivity index (χ3v) is 3.48. The summed E-state index contributed by atoms with van der Waals surface area (Å²) in [5.74, 6) is 0.118. The van der Waals surface area contributed by atoms with Gasteiger partial charge in [0, 0.05) is 37.3 Å². The van der Waals surface area contributed by atoms with Crippen molar-refractivity contribution in [1.29, 1.82) is 0 Å². The molecule has 2 fully saturated rings. The summed E-state index contributed by atoms with van der Waals surface area (Å²) < 4.78 is 0. The molecule has 0 unspecified atom stereocenters. The number of amides is 1. The molecule has 3 rings (SSSR count). The molecule has 2 aliphatic heterocycles. The van der Waals surface area contributed by atoms with Crippen LogP contribution in [0.15, 0.2) is 35.3 Å². The number of benzene rings is 1. The van der Waals surface area contributed by atoms with Gasteiger partial charge in [0.25, 0.3) is 5.91 Å². The van der Waals surface area contributed by atoms with Crippen molar-refractivity contribution in [2.45, 2.75) is 12.5 Å². The fraction of sp³-hybridized carbons (Fsp3) is 0.429. The van der Waals surface area contributed by atoms with Crippen LogP contribution in [0.4, 0.5) is 0 Å². The quantitative estimate of drug-likeness (QED) is 0.840. The van der Waals surface area contributed by atoms with Gasteiger partial charge in [-0.05, 0) is 12.1 Å². The van der Waals surface area contributed by atoms with Gasteiger partial charge < -0.3 is 10.2 Å². The zero-order valence-electron chi connectivity index (χ0n) is 10.3. The summed E-state index contributed by atoms with van der Waals surface area (Å²) in [5, 5.41) is 3.21. The van der Waals surface area contributed by atoms with Crippen LogP contribution in [-0.4, -0.2) is 48.7 Å². The van der Waals surface area contributed by atoms with Crippen LogP contribution < -0.4 is 5.32 Å². The number of rotatable bonds is 2. The fourth-order valence-electron chi connectivity index (χ4n) is 2.31. The largest absolute Gasteiger partial charge is 0.333 e. The minimum absolute atomic E-state index is 0.118. The normalized spacial score (nSPS) is 22.2. The van der Waals surface area contributed by atoms with Crippen molar-refractivity contribution in [2.24, 2.45) is 4.99 Å². The van der Waals surface area contributed by atoms with Crippen molar-refractivity contribution < 1.29 is 4.79 Å². The average Bonchev–Trinajstić information content (AvgIpc) is 2.83. The monoisotopic (exact) mass is 243 g/mol. The van der Waals surface area contributed by atoms with Gasteiger partial charge in [-0.1, -0.05) is 18.2 Å². The molecule has 4 nitrogen and oxygen atoms in total. The molecule has 0 saturated carbocycles. The van der Waals surface area contributed by atoms with E-state index in [1.165, 1.54) is 5.71 Å². The third kappa shape index (κ3) is 2.29. The van der Waals surface area contributed by atoms with E-state index in [0.29, 0.717) is 12.6 Å². The second kappa shape index (κ2) is 4.90. The van der Waals surface area contributed by atoms with Gasteiger partial charge in [-0.2, -0.15) is 0 Å². The van der Waals surface area contributed by atoms with Gasteiger partial charge in [-0.25, -0.2) is 0 Å². The summed E-state index contributed by atoms with van der Waals surface area (Å²) >= 11 is 0. The molecule has 94 valence electrons. The summed E-state index contributed by atoms with van der Waals surface area (Å²) in [5.41, 5.74) is 1.94. The molecule has 18 heavy (non-hydrogen) atoms. The maximum atomic E-state index is 12.2. The van der Waals surface area contributed by atoms with Gasteiger partial charge in [0.15, 0.2) is 0 Å². The van der Waals surface area contributed by atoms with E-state index in [1.807, 2.05) is 35.2 Å². The van der Waals surface area contributed by atoms with Crippen molar-refractivity contribution in [3.63, 3.8) is 0 Å². The van der Waals surface area contributed by atoms with E-state index in [0.717, 1.165) is 31.6 Å². The lowest BCUT2D eigenvalue weighted by molar-refractivity contribution is 0.0798. The first-order chi connectivity index (χ1) is 8.83. The third-order valence-electron chi connectivity index (χ3n) is 3.48. The lowest BCUT2D eigenvalue weighted by Crippen LogP contribution is -2.46. The average molecular weight is 243 g/mol. The molecular weight excluding hydrogens is 226 g/mol. The van der Waals surface area contributed by atoms with Crippen LogP contribution in [0.2, 0.25) is 0 Å². The maximum absolute atomic E-state index is 12.2. The summed E-state index contributed by atoms with van der Waals surface area (Å²) in [6.07, 6.45) is 0.926. The van der Waals surface area contributed by atoms with Crippen molar-refractivity contribution in [3.8, 4) is 0 Å². The van der Waals surface area contributed by atoms with E-state index in [9.17, 15) is 4.79 Å². The summed E-state index contributed by atoms with van der Waals surface area (Å²) in [4.78, 5) is 18.8. The van der Waals surface area contributed by atoms with Crippen LogP contribution in [0.5, 0.6) is 0 Å². The summed E-state index contributed by atoms with van der Waals surface area (Å²) in [7, 11) is 0. The Morgan fingerprint density at radius 3 is 2.72 bits per heavy atom. The Kier molecular flexibility index (Phi) is 3.11. The van der Waals surface area contributed by atoms with Gasteiger partial charge in [0.2, 0.25) is 0 Å². The second-order valence-electron chi connectivity index (χ2n) is 4.85. The minimum atomic E-state index is 0.118. The number of aliphatic imine (C=N–C) groups is 1. The summed E-state index contributed by atoms with van der Waals surface area (Å²) in [6, 6.07) is 9.90. The molecule has 1 aromatic rings. The zero-order valence-corrected chi connectivity index (χ0v) is 10.3. The lowest BCUT2D eigenvalue weighted by Gasteiger charge is -2.23. The van der Waals surface area contributed by atoms with Gasteiger partial charge >= 0.3 is 0 Å². The molecule has 2 saturated heterocycles. The molecule has 0 aliphatic carbocycles. The van der Waals surface area contributed by atoms with Crippen LogP contribution in [-0.2, 0) is 0 Å². The Labute approximate surface area is 107 Å². The van der Waals surface area contributed by atoms with Gasteiger partial charge in [0.1, 0.15) is 0 Å². The van der Waals surface area contributed by atoms with E-state index in [-0.39, 0.29) is 5.91 Å². The number of hydrogen-bond donors (Lipinski definition) is 1. The highest BCUT2D eigenvalue weighted by molar-refractivity contribution is 6.00. The zero-order chi connectivity index (χ0) is 12.4. The predicted octanol–water partition coefficient (Wildman–Crippen LogP) is 0.945. The number of carbonyl (C=O) groups is 1. The highest BCUT2D eigenvalue weighted by Crippen LogP contribution is 2.13. The molecule has 0 radical (unpaired) electrons. The highest BCUT2D eigenvalue weighted by atomic mass is 16.2. The molecule has 0 atom stereocenters. The van der Waals surface area contributed by atoms with E-state index in [1.54, 1.807) is 0 Å². The van der Waals surface area contributed by atoms with Crippen LogP contribution >= 0.6 is 0 Å². The Hall–Kier alpha value is -1.68. The van der Waals surface area contributed by atoms with Crippen molar-refractivity contribution in [1.82, 2.24) is 10.2 Å². The molecule has 0 spiro atoms. The van der Waals surface area contributed by atoms with Crippen molar-refractivity contribution in [3.05, 3.63) is 35.9 Å². The Morgan fingerprint density at radius 2 is 2.06 bits per heavy atom. The SMILES string of the molecule is O=C(c1ccccc1)N1CCC(=NC2CNC2)C1. The number of nitrogens with one attached hydrogen (secondary N) is 1. The van der Waals surface area contributed by atoms with Crippen LogP contribution in [0.25, 0.3) is 0 Å². The van der Waals surface area contributed by atoms with Crippen LogP contribution in [0, 0.1) is 0 Å². The number of hydrogen-bond acceptors (Lipinski definition) is 3. The van der Waals surface area contributed by atoms with Crippen LogP contribution in [0.3, 0.4) is 0 Å². The first-order valence-corrected chi connectivity index (χ1v) is 6.43. The van der Waals surface area contributed by atoms with Crippen LogP contribution in [0.1, 0.15) is 16.8 Å². The Morgan fingerprint density at radius 1 is 1.28 bits per heavy atom. The highest BCUT2D eigenvalue weighted by Gasteiger charge is 2.25. The molecule has 4 heteroatoms. The number of nitrogens with zero attached hydrogens (tertiary/aromatic N) is 2. The molecule has 1 N–H and O–H groups in total. The standard InChI is InChI=1S/C14H17N3O/c18-14(11-4-2-1-3-5-11)17-7-6-12(10-17)16-13-8-15-9-13/h1-5,13,15H,6-10H2. The maximum Gasteiger partial charge on any atom is 0.254 e. The van der Waals surface area contributed by atoms with E-state index in [2.05, 4.69) is 10.3 Å². The lowest BCUT2D eigenvalue weighted by atomic mass is 10.2.